The molecule has 6 nitrogen and oxygen atoms in total. The van der Waals surface area contributed by atoms with Crippen molar-refractivity contribution in [2.24, 2.45) is 0 Å². The molecule has 0 aliphatic carbocycles. The SMILES string of the molecule is O=C(Cc1ccc2c(c1)OCCO2)Nc1ccc2nc(-c3cccs3)[nH]c2c1. The molecule has 0 saturated carbocycles. The van der Waals surface area contributed by atoms with Gasteiger partial charge in [0.25, 0.3) is 0 Å². The van der Waals surface area contributed by atoms with E-state index in [1.54, 1.807) is 11.3 Å². The van der Waals surface area contributed by atoms with Crippen LogP contribution in [-0.4, -0.2) is 29.1 Å². The number of aromatic amines is 1. The van der Waals surface area contributed by atoms with Crippen LogP contribution in [-0.2, 0) is 11.2 Å². The molecule has 0 unspecified atom stereocenters. The number of nitrogens with zero attached hydrogens (tertiary/aromatic N) is 1. The fourth-order valence-corrected chi connectivity index (χ4v) is 3.87. The summed E-state index contributed by atoms with van der Waals surface area (Å²) >= 11 is 1.63. The second-order valence-electron chi connectivity index (χ2n) is 6.50. The number of fused-ring (bicyclic) bond motifs is 2. The van der Waals surface area contributed by atoms with Crippen molar-refractivity contribution in [1.82, 2.24) is 9.97 Å². The van der Waals surface area contributed by atoms with Crippen LogP contribution in [0, 0.1) is 0 Å². The number of hydrogen-bond acceptors (Lipinski definition) is 5. The van der Waals surface area contributed by atoms with E-state index in [2.05, 4.69) is 15.3 Å². The van der Waals surface area contributed by atoms with E-state index >= 15 is 0 Å². The third-order valence-corrected chi connectivity index (χ3v) is 5.37. The monoisotopic (exact) mass is 391 g/mol. The van der Waals surface area contributed by atoms with Crippen molar-refractivity contribution in [2.75, 3.05) is 18.5 Å². The molecule has 1 amide bonds. The smallest absolute Gasteiger partial charge is 0.228 e. The molecule has 0 radical (unpaired) electrons. The summed E-state index contributed by atoms with van der Waals surface area (Å²) in [4.78, 5) is 21.5. The zero-order chi connectivity index (χ0) is 18.9. The number of rotatable bonds is 4. The third-order valence-electron chi connectivity index (χ3n) is 4.49. The first-order chi connectivity index (χ1) is 13.7. The maximum absolute atomic E-state index is 12.5. The molecule has 2 aromatic heterocycles. The van der Waals surface area contributed by atoms with E-state index in [9.17, 15) is 4.79 Å². The largest absolute Gasteiger partial charge is 0.486 e. The molecule has 2 N–H and O–H groups in total. The van der Waals surface area contributed by atoms with Crippen molar-refractivity contribution in [3.8, 4) is 22.2 Å². The normalized spacial score (nSPS) is 12.9. The number of amides is 1. The Kier molecular flexibility index (Phi) is 4.21. The first-order valence-electron chi connectivity index (χ1n) is 8.97. The van der Waals surface area contributed by atoms with E-state index in [0.29, 0.717) is 19.0 Å². The quantitative estimate of drug-likeness (QED) is 0.545. The summed E-state index contributed by atoms with van der Waals surface area (Å²) in [5.74, 6) is 2.16. The van der Waals surface area contributed by atoms with E-state index in [1.807, 2.05) is 53.9 Å². The zero-order valence-corrected chi connectivity index (χ0v) is 15.7. The Morgan fingerprint density at radius 2 is 2.00 bits per heavy atom. The highest BCUT2D eigenvalue weighted by atomic mass is 32.1. The van der Waals surface area contributed by atoms with Gasteiger partial charge < -0.3 is 19.8 Å². The summed E-state index contributed by atoms with van der Waals surface area (Å²) in [6.07, 6.45) is 0.262. The Hall–Kier alpha value is -3.32. The summed E-state index contributed by atoms with van der Waals surface area (Å²) in [5.41, 5.74) is 3.37. The summed E-state index contributed by atoms with van der Waals surface area (Å²) in [7, 11) is 0. The molecule has 3 heterocycles. The van der Waals surface area contributed by atoms with Crippen LogP contribution in [0.3, 0.4) is 0 Å². The van der Waals surface area contributed by atoms with Gasteiger partial charge in [0.2, 0.25) is 5.91 Å². The Labute approximate surface area is 165 Å². The summed E-state index contributed by atoms with van der Waals surface area (Å²) in [6, 6.07) is 15.3. The van der Waals surface area contributed by atoms with Gasteiger partial charge in [0.05, 0.1) is 22.3 Å². The number of benzene rings is 2. The van der Waals surface area contributed by atoms with Gasteiger partial charge in [0, 0.05) is 5.69 Å². The maximum atomic E-state index is 12.5. The number of carbonyl (C=O) groups excluding carboxylic acids is 1. The van der Waals surface area contributed by atoms with Crippen molar-refractivity contribution in [3.63, 3.8) is 0 Å². The number of hydrogen-bond donors (Lipinski definition) is 2. The first-order valence-corrected chi connectivity index (χ1v) is 9.84. The van der Waals surface area contributed by atoms with Gasteiger partial charge in [-0.05, 0) is 47.3 Å². The van der Waals surface area contributed by atoms with E-state index < -0.39 is 0 Å². The molecule has 2 aromatic carbocycles. The second-order valence-corrected chi connectivity index (χ2v) is 7.45. The van der Waals surface area contributed by atoms with E-state index in [4.69, 9.17) is 9.47 Å². The van der Waals surface area contributed by atoms with Crippen LogP contribution in [0.1, 0.15) is 5.56 Å². The number of H-pyrrole nitrogens is 1. The Morgan fingerprint density at radius 1 is 1.11 bits per heavy atom. The average molecular weight is 391 g/mol. The molecule has 0 bridgehead atoms. The van der Waals surface area contributed by atoms with Gasteiger partial charge in [0.1, 0.15) is 19.0 Å². The van der Waals surface area contributed by atoms with E-state index in [1.165, 1.54) is 0 Å². The fourth-order valence-electron chi connectivity index (χ4n) is 3.21. The minimum absolute atomic E-state index is 0.0889. The molecule has 0 atom stereocenters. The molecular weight excluding hydrogens is 374 g/mol. The fraction of sp³-hybridized carbons (Fsp3) is 0.143. The predicted molar refractivity (Wildman–Crippen MR) is 109 cm³/mol. The summed E-state index contributed by atoms with van der Waals surface area (Å²) in [5, 5.41) is 4.97. The highest BCUT2D eigenvalue weighted by Gasteiger charge is 2.14. The van der Waals surface area contributed by atoms with Crippen LogP contribution in [0.4, 0.5) is 5.69 Å². The first kappa shape index (κ1) is 16.8. The minimum atomic E-state index is -0.0889. The van der Waals surface area contributed by atoms with E-state index in [-0.39, 0.29) is 12.3 Å². The van der Waals surface area contributed by atoms with Gasteiger partial charge in [-0.3, -0.25) is 4.79 Å². The van der Waals surface area contributed by atoms with Crippen LogP contribution in [0.5, 0.6) is 11.5 Å². The molecule has 0 saturated heterocycles. The highest BCUT2D eigenvalue weighted by Crippen LogP contribution is 2.31. The standard InChI is InChI=1S/C21H17N3O3S/c25-20(11-13-3-6-17-18(10-13)27-8-7-26-17)22-14-4-5-15-16(12-14)24-21(23-15)19-2-1-9-28-19/h1-6,9-10,12H,7-8,11H2,(H,22,25)(H,23,24). The third kappa shape index (κ3) is 3.32. The molecule has 28 heavy (non-hydrogen) atoms. The molecule has 1 aliphatic rings. The lowest BCUT2D eigenvalue weighted by atomic mass is 10.1. The number of anilines is 1. The van der Waals surface area contributed by atoms with Crippen molar-refractivity contribution in [3.05, 3.63) is 59.5 Å². The topological polar surface area (TPSA) is 76.2 Å². The van der Waals surface area contributed by atoms with Crippen molar-refractivity contribution in [1.29, 1.82) is 0 Å². The Bertz CT molecular complexity index is 1150. The van der Waals surface area contributed by atoms with Crippen molar-refractivity contribution >= 4 is 34.0 Å². The average Bonchev–Trinajstić information content (AvgIpc) is 3.37. The van der Waals surface area contributed by atoms with Gasteiger partial charge in [-0.1, -0.05) is 12.1 Å². The Balaban J connectivity index is 1.31. The van der Waals surface area contributed by atoms with Crippen molar-refractivity contribution in [2.45, 2.75) is 6.42 Å². The number of carbonyl (C=O) groups is 1. The molecular formula is C21H17N3O3S. The van der Waals surface area contributed by atoms with Crippen LogP contribution >= 0.6 is 11.3 Å². The molecule has 0 spiro atoms. The van der Waals surface area contributed by atoms with Crippen molar-refractivity contribution < 1.29 is 14.3 Å². The molecule has 140 valence electrons. The van der Waals surface area contributed by atoms with Gasteiger partial charge in [-0.25, -0.2) is 4.98 Å². The predicted octanol–water partition coefficient (Wildman–Crippen LogP) is 4.24. The molecule has 0 fully saturated rings. The van der Waals surface area contributed by atoms with Gasteiger partial charge >= 0.3 is 0 Å². The lowest BCUT2D eigenvalue weighted by molar-refractivity contribution is -0.115. The van der Waals surface area contributed by atoms with Crippen LogP contribution < -0.4 is 14.8 Å². The lowest BCUT2D eigenvalue weighted by Gasteiger charge is -2.18. The van der Waals surface area contributed by atoms with E-state index in [0.717, 1.165) is 38.7 Å². The lowest BCUT2D eigenvalue weighted by Crippen LogP contribution is -2.17. The zero-order valence-electron chi connectivity index (χ0n) is 14.9. The van der Waals surface area contributed by atoms with Gasteiger partial charge in [-0.15, -0.1) is 11.3 Å². The number of thiophene rings is 1. The summed E-state index contributed by atoms with van der Waals surface area (Å²) < 4.78 is 11.1. The second kappa shape index (κ2) is 7.01. The van der Waals surface area contributed by atoms with Crippen LogP contribution in [0.2, 0.25) is 0 Å². The van der Waals surface area contributed by atoms with Gasteiger partial charge in [0.15, 0.2) is 11.5 Å². The highest BCUT2D eigenvalue weighted by molar-refractivity contribution is 7.13. The number of aromatic nitrogens is 2. The summed E-state index contributed by atoms with van der Waals surface area (Å²) in [6.45, 7) is 1.08. The molecule has 5 rings (SSSR count). The number of ether oxygens (including phenoxy) is 2. The van der Waals surface area contributed by atoms with Crippen LogP contribution in [0.25, 0.3) is 21.7 Å². The minimum Gasteiger partial charge on any atom is -0.486 e. The number of imidazole rings is 1. The molecule has 4 aromatic rings. The molecule has 7 heteroatoms. The van der Waals surface area contributed by atoms with Crippen LogP contribution in [0.15, 0.2) is 53.9 Å². The van der Waals surface area contributed by atoms with Gasteiger partial charge in [-0.2, -0.15) is 0 Å². The Morgan fingerprint density at radius 3 is 2.86 bits per heavy atom. The maximum Gasteiger partial charge on any atom is 0.228 e. The number of nitrogens with one attached hydrogen (secondary N) is 2. The molecule has 1 aliphatic heterocycles.